The number of hydrogen-bond donors (Lipinski definition) is 2. The average molecular weight is 400 g/mol. The lowest BCUT2D eigenvalue weighted by molar-refractivity contribution is -0.384. The molecule has 2 N–H and O–H groups in total. The molecule has 27 heavy (non-hydrogen) atoms. The highest BCUT2D eigenvalue weighted by atomic mass is 32.1. The summed E-state index contributed by atoms with van der Waals surface area (Å²) in [7, 11) is 0. The summed E-state index contributed by atoms with van der Waals surface area (Å²) in [6, 6.07) is 10.6. The first-order chi connectivity index (χ1) is 13.0. The van der Waals surface area contributed by atoms with Crippen LogP contribution in [0.3, 0.4) is 0 Å². The van der Waals surface area contributed by atoms with E-state index >= 15 is 0 Å². The Morgan fingerprint density at radius 1 is 1.22 bits per heavy atom. The minimum absolute atomic E-state index is 0.0128. The van der Waals surface area contributed by atoms with Crippen molar-refractivity contribution in [1.29, 1.82) is 0 Å². The lowest BCUT2D eigenvalue weighted by Crippen LogP contribution is -1.87. The second kappa shape index (κ2) is 8.38. The van der Waals surface area contributed by atoms with Crippen LogP contribution in [0.2, 0.25) is 0 Å². The number of nitro groups is 1. The van der Waals surface area contributed by atoms with Crippen LogP contribution in [0.25, 0.3) is 0 Å². The molecule has 11 heteroatoms. The summed E-state index contributed by atoms with van der Waals surface area (Å²) in [5, 5.41) is 35.8. The molecule has 0 atom stereocenters. The maximum atomic E-state index is 10.6. The van der Waals surface area contributed by atoms with E-state index in [1.807, 2.05) is 0 Å². The number of aromatic hydroxyl groups is 1. The van der Waals surface area contributed by atoms with Crippen molar-refractivity contribution in [2.45, 2.75) is 6.42 Å². The van der Waals surface area contributed by atoms with Crippen LogP contribution in [0.5, 0.6) is 5.75 Å². The second-order valence-corrected chi connectivity index (χ2v) is 6.84. The normalized spacial score (nSPS) is 11.4. The van der Waals surface area contributed by atoms with Gasteiger partial charge in [-0.2, -0.15) is 10.2 Å². The summed E-state index contributed by atoms with van der Waals surface area (Å²) in [5.74, 6) is 0.116. The van der Waals surface area contributed by atoms with Crippen LogP contribution in [0.15, 0.2) is 57.7 Å². The number of aromatic amines is 1. The van der Waals surface area contributed by atoms with Gasteiger partial charge in [0.15, 0.2) is 3.95 Å². The number of hydrogen-bond acceptors (Lipinski definition) is 9. The number of phenolic OH excluding ortho intramolecular Hbond substituents is 1. The standard InChI is InChI=1S/C16H12N6O3S2/c23-14-6-3-12(19-18-11-1-4-13(5-2-11)22(24)25)9-10(14)7-8-17-15-20-21-16(26)27-15/h1-6,8-9,23H,7H2,(H,21,26). The molecule has 0 aliphatic rings. The first-order valence-electron chi connectivity index (χ1n) is 7.57. The summed E-state index contributed by atoms with van der Waals surface area (Å²) in [6.07, 6.45) is 1.99. The molecular weight excluding hydrogens is 388 g/mol. The molecule has 0 saturated heterocycles. The Bertz CT molecular complexity index is 1070. The van der Waals surface area contributed by atoms with Crippen LogP contribution < -0.4 is 0 Å². The number of nitrogens with one attached hydrogen (secondary N) is 1. The van der Waals surface area contributed by atoms with Crippen molar-refractivity contribution >= 4 is 52.0 Å². The lowest BCUT2D eigenvalue weighted by Gasteiger charge is -2.02. The van der Waals surface area contributed by atoms with Crippen LogP contribution in [-0.4, -0.2) is 26.4 Å². The highest BCUT2D eigenvalue weighted by molar-refractivity contribution is 7.73. The van der Waals surface area contributed by atoms with Gasteiger partial charge in [-0.05, 0) is 42.5 Å². The second-order valence-electron chi connectivity index (χ2n) is 5.20. The van der Waals surface area contributed by atoms with Gasteiger partial charge in [-0.15, -0.1) is 5.10 Å². The third-order valence-corrected chi connectivity index (χ3v) is 4.34. The van der Waals surface area contributed by atoms with Gasteiger partial charge in [-0.25, -0.2) is 4.99 Å². The predicted molar refractivity (Wildman–Crippen MR) is 105 cm³/mol. The molecule has 0 radical (unpaired) electrons. The number of benzene rings is 2. The van der Waals surface area contributed by atoms with Crippen LogP contribution in [0.4, 0.5) is 22.2 Å². The lowest BCUT2D eigenvalue weighted by atomic mass is 10.1. The summed E-state index contributed by atoms with van der Waals surface area (Å²) < 4.78 is 0.540. The number of rotatable bonds is 6. The van der Waals surface area contributed by atoms with Gasteiger partial charge in [-0.1, -0.05) is 11.3 Å². The van der Waals surface area contributed by atoms with Crippen LogP contribution in [-0.2, 0) is 6.42 Å². The Hall–Kier alpha value is -3.31. The number of nitro benzene ring substituents is 1. The fourth-order valence-corrected chi connectivity index (χ4v) is 2.80. The zero-order valence-electron chi connectivity index (χ0n) is 13.6. The minimum atomic E-state index is -0.478. The molecular formula is C16H12N6O3S2. The van der Waals surface area contributed by atoms with E-state index in [-0.39, 0.29) is 11.4 Å². The highest BCUT2D eigenvalue weighted by Crippen LogP contribution is 2.26. The zero-order chi connectivity index (χ0) is 19.2. The van der Waals surface area contributed by atoms with Gasteiger partial charge in [0.05, 0.1) is 16.3 Å². The monoisotopic (exact) mass is 400 g/mol. The Kier molecular flexibility index (Phi) is 5.74. The molecule has 0 bridgehead atoms. The summed E-state index contributed by atoms with van der Waals surface area (Å²) in [4.78, 5) is 14.3. The molecule has 0 saturated carbocycles. The van der Waals surface area contributed by atoms with Crippen molar-refractivity contribution in [2.75, 3.05) is 0 Å². The molecule has 0 aliphatic carbocycles. The topological polar surface area (TPSA) is 129 Å². The average Bonchev–Trinajstić information content (AvgIpc) is 3.07. The molecule has 0 spiro atoms. The maximum absolute atomic E-state index is 10.6. The van der Waals surface area contributed by atoms with Crippen molar-refractivity contribution in [2.24, 2.45) is 15.2 Å². The van der Waals surface area contributed by atoms with Crippen LogP contribution in [0.1, 0.15) is 5.56 Å². The number of phenols is 1. The largest absolute Gasteiger partial charge is 0.508 e. The quantitative estimate of drug-likeness (QED) is 0.194. The Labute approximate surface area is 161 Å². The van der Waals surface area contributed by atoms with Crippen molar-refractivity contribution in [3.8, 4) is 5.75 Å². The zero-order valence-corrected chi connectivity index (χ0v) is 15.3. The van der Waals surface area contributed by atoms with E-state index in [0.717, 1.165) is 0 Å². The van der Waals surface area contributed by atoms with Gasteiger partial charge in [0.2, 0.25) is 5.13 Å². The van der Waals surface area contributed by atoms with Crippen LogP contribution in [0, 0.1) is 14.1 Å². The molecule has 0 unspecified atom stereocenters. The Morgan fingerprint density at radius 2 is 1.93 bits per heavy atom. The van der Waals surface area contributed by atoms with E-state index in [0.29, 0.717) is 32.4 Å². The SMILES string of the molecule is O=[N+]([O-])c1ccc(N=Nc2ccc(O)c(CC=Nc3n[nH]c(=S)s3)c2)cc1. The third kappa shape index (κ3) is 5.09. The number of aromatic nitrogens is 2. The first-order valence-corrected chi connectivity index (χ1v) is 8.80. The Balaban J connectivity index is 1.71. The fraction of sp³-hybridized carbons (Fsp3) is 0.0625. The number of aliphatic imine (C=N–C) groups is 1. The smallest absolute Gasteiger partial charge is 0.269 e. The van der Waals surface area contributed by atoms with E-state index in [4.69, 9.17) is 12.2 Å². The van der Waals surface area contributed by atoms with Crippen molar-refractivity contribution in [1.82, 2.24) is 10.2 Å². The predicted octanol–water partition coefficient (Wildman–Crippen LogP) is 5.17. The summed E-state index contributed by atoms with van der Waals surface area (Å²) >= 11 is 6.19. The van der Waals surface area contributed by atoms with E-state index in [1.165, 1.54) is 41.7 Å². The fourth-order valence-electron chi connectivity index (χ4n) is 2.05. The number of nitrogens with zero attached hydrogens (tertiary/aromatic N) is 5. The molecule has 0 aliphatic heterocycles. The number of H-pyrrole nitrogens is 1. The maximum Gasteiger partial charge on any atom is 0.269 e. The first kappa shape index (κ1) is 18.5. The third-order valence-electron chi connectivity index (χ3n) is 3.34. The molecule has 0 fully saturated rings. The molecule has 136 valence electrons. The van der Waals surface area contributed by atoms with Gasteiger partial charge in [0.25, 0.3) is 5.69 Å². The van der Waals surface area contributed by atoms with Crippen molar-refractivity contribution < 1.29 is 10.0 Å². The van der Waals surface area contributed by atoms with Gasteiger partial charge >= 0.3 is 0 Å². The van der Waals surface area contributed by atoms with Crippen LogP contribution >= 0.6 is 23.6 Å². The molecule has 2 aromatic carbocycles. The Morgan fingerprint density at radius 3 is 2.59 bits per heavy atom. The van der Waals surface area contributed by atoms with Gasteiger partial charge in [0, 0.05) is 30.3 Å². The molecule has 1 aromatic heterocycles. The van der Waals surface area contributed by atoms with Gasteiger partial charge in [0.1, 0.15) is 5.75 Å². The van der Waals surface area contributed by atoms with E-state index < -0.39 is 4.92 Å². The summed E-state index contributed by atoms with van der Waals surface area (Å²) in [5.41, 5.74) is 1.63. The van der Waals surface area contributed by atoms with Gasteiger partial charge < -0.3 is 5.11 Å². The molecule has 0 amide bonds. The molecule has 1 heterocycles. The molecule has 3 rings (SSSR count). The molecule has 9 nitrogen and oxygen atoms in total. The summed E-state index contributed by atoms with van der Waals surface area (Å²) in [6.45, 7) is 0. The highest BCUT2D eigenvalue weighted by Gasteiger charge is 2.04. The van der Waals surface area contributed by atoms with E-state index in [1.54, 1.807) is 18.3 Å². The number of azo groups is 1. The van der Waals surface area contributed by atoms with E-state index in [9.17, 15) is 15.2 Å². The van der Waals surface area contributed by atoms with E-state index in [2.05, 4.69) is 25.4 Å². The van der Waals surface area contributed by atoms with Crippen molar-refractivity contribution in [3.63, 3.8) is 0 Å². The minimum Gasteiger partial charge on any atom is -0.508 e. The van der Waals surface area contributed by atoms with Crippen molar-refractivity contribution in [3.05, 3.63) is 62.1 Å². The molecule has 3 aromatic rings. The number of non-ortho nitro benzene ring substituents is 1. The van der Waals surface area contributed by atoms with Gasteiger partial charge in [-0.3, -0.25) is 15.2 Å².